The van der Waals surface area contributed by atoms with Crippen molar-refractivity contribution in [1.29, 1.82) is 0 Å². The number of hydrogen-bond donors (Lipinski definition) is 0. The molecule has 112 valence electrons. The molecular weight excluding hydrogens is 256 g/mol. The van der Waals surface area contributed by atoms with Crippen LogP contribution in [0.15, 0.2) is 0 Å². The van der Waals surface area contributed by atoms with E-state index in [1.54, 1.807) is 0 Å². The maximum absolute atomic E-state index is 12.4. The highest BCUT2D eigenvalue weighted by atomic mass is 16.6. The van der Waals surface area contributed by atoms with E-state index in [9.17, 15) is 9.59 Å². The van der Waals surface area contributed by atoms with E-state index < -0.39 is 5.41 Å². The van der Waals surface area contributed by atoms with Gasteiger partial charge in [-0.2, -0.15) is 0 Å². The zero-order valence-corrected chi connectivity index (χ0v) is 12.1. The van der Waals surface area contributed by atoms with Crippen LogP contribution in [0.5, 0.6) is 0 Å². The van der Waals surface area contributed by atoms with Gasteiger partial charge in [0.25, 0.3) is 0 Å². The topological polar surface area (TPSA) is 52.6 Å². The van der Waals surface area contributed by atoms with E-state index >= 15 is 0 Å². The Morgan fingerprint density at radius 2 is 1.10 bits per heavy atom. The van der Waals surface area contributed by atoms with E-state index in [0.29, 0.717) is 12.8 Å². The average molecular weight is 280 g/mol. The summed E-state index contributed by atoms with van der Waals surface area (Å²) in [5.41, 5.74) is -0.967. The number of hydrogen-bond acceptors (Lipinski definition) is 4. The molecule has 3 aliphatic rings. The summed E-state index contributed by atoms with van der Waals surface area (Å²) in [6.07, 6.45) is 10.4. The van der Waals surface area contributed by atoms with Gasteiger partial charge in [0.1, 0.15) is 12.2 Å². The Bertz CT molecular complexity index is 342. The highest BCUT2D eigenvalue weighted by molar-refractivity contribution is 6.01. The normalized spacial score (nSPS) is 26.2. The van der Waals surface area contributed by atoms with Crippen molar-refractivity contribution in [2.24, 2.45) is 5.41 Å². The van der Waals surface area contributed by atoms with E-state index in [4.69, 9.17) is 9.47 Å². The predicted octanol–water partition coefficient (Wildman–Crippen LogP) is 3.13. The minimum atomic E-state index is -0.967. The van der Waals surface area contributed by atoms with Crippen LogP contribution in [0.4, 0.5) is 0 Å². The second-order valence-corrected chi connectivity index (χ2v) is 6.56. The lowest BCUT2D eigenvalue weighted by Crippen LogP contribution is -2.48. The Morgan fingerprint density at radius 3 is 1.40 bits per heavy atom. The van der Waals surface area contributed by atoms with E-state index in [1.807, 2.05) is 0 Å². The van der Waals surface area contributed by atoms with Gasteiger partial charge in [0.05, 0.1) is 0 Å². The number of carbonyl (C=O) groups excluding carboxylic acids is 2. The van der Waals surface area contributed by atoms with E-state index in [1.165, 1.54) is 0 Å². The molecule has 3 saturated carbocycles. The first-order valence-corrected chi connectivity index (χ1v) is 8.13. The van der Waals surface area contributed by atoms with Gasteiger partial charge in [0, 0.05) is 0 Å². The molecule has 0 aromatic heterocycles. The molecule has 4 heteroatoms. The fraction of sp³-hybridized carbons (Fsp3) is 0.875. The molecule has 0 unspecified atom stereocenters. The van der Waals surface area contributed by atoms with Crippen molar-refractivity contribution in [3.05, 3.63) is 0 Å². The van der Waals surface area contributed by atoms with Crippen molar-refractivity contribution in [3.63, 3.8) is 0 Å². The molecule has 0 aliphatic heterocycles. The number of esters is 2. The number of rotatable bonds is 4. The maximum atomic E-state index is 12.4. The smallest absolute Gasteiger partial charge is 0.323 e. The first kappa shape index (κ1) is 13.9. The molecule has 4 nitrogen and oxygen atoms in total. The molecule has 0 radical (unpaired) electrons. The van der Waals surface area contributed by atoms with Crippen molar-refractivity contribution >= 4 is 11.9 Å². The largest absolute Gasteiger partial charge is 0.462 e. The fourth-order valence-corrected chi connectivity index (χ4v) is 3.56. The van der Waals surface area contributed by atoms with Crippen molar-refractivity contribution in [2.75, 3.05) is 0 Å². The molecule has 0 atom stereocenters. The fourth-order valence-electron chi connectivity index (χ4n) is 3.56. The Kier molecular flexibility index (Phi) is 3.99. The minimum absolute atomic E-state index is 0.0271. The second-order valence-electron chi connectivity index (χ2n) is 6.56. The molecule has 0 aromatic carbocycles. The van der Waals surface area contributed by atoms with Crippen LogP contribution in [0.2, 0.25) is 0 Å². The maximum Gasteiger partial charge on any atom is 0.323 e. The van der Waals surface area contributed by atoms with Gasteiger partial charge in [-0.25, -0.2) is 0 Å². The Hall–Kier alpha value is -1.06. The minimum Gasteiger partial charge on any atom is -0.462 e. The number of carbonyl (C=O) groups is 2. The first-order chi connectivity index (χ1) is 9.71. The molecule has 0 bridgehead atoms. The summed E-state index contributed by atoms with van der Waals surface area (Å²) < 4.78 is 11.1. The van der Waals surface area contributed by atoms with Crippen LogP contribution in [0, 0.1) is 5.41 Å². The standard InChI is InChI=1S/C16H24O4/c17-14(19-12-6-1-2-7-12)16(10-5-11-16)15(18)20-13-8-3-4-9-13/h12-13H,1-11H2. The molecule has 3 fully saturated rings. The number of ether oxygens (including phenoxy) is 2. The van der Waals surface area contributed by atoms with Crippen molar-refractivity contribution < 1.29 is 19.1 Å². The Balaban J connectivity index is 1.60. The van der Waals surface area contributed by atoms with Crippen LogP contribution in [0.25, 0.3) is 0 Å². The molecule has 0 N–H and O–H groups in total. The lowest BCUT2D eigenvalue weighted by Gasteiger charge is -2.38. The van der Waals surface area contributed by atoms with Crippen molar-refractivity contribution in [2.45, 2.75) is 82.8 Å². The van der Waals surface area contributed by atoms with Gasteiger partial charge in [-0.1, -0.05) is 0 Å². The van der Waals surface area contributed by atoms with Crippen molar-refractivity contribution in [1.82, 2.24) is 0 Å². The Morgan fingerprint density at radius 1 is 0.700 bits per heavy atom. The van der Waals surface area contributed by atoms with Gasteiger partial charge < -0.3 is 9.47 Å². The zero-order chi connectivity index (χ0) is 14.0. The van der Waals surface area contributed by atoms with Gasteiger partial charge in [-0.05, 0) is 70.6 Å². The van der Waals surface area contributed by atoms with Gasteiger partial charge in [-0.3, -0.25) is 9.59 Å². The lowest BCUT2D eigenvalue weighted by atomic mass is 9.68. The van der Waals surface area contributed by atoms with Crippen LogP contribution in [-0.4, -0.2) is 24.1 Å². The molecule has 0 saturated heterocycles. The van der Waals surface area contributed by atoms with Gasteiger partial charge in [0.15, 0.2) is 5.41 Å². The summed E-state index contributed by atoms with van der Waals surface area (Å²) in [5, 5.41) is 0. The predicted molar refractivity (Wildman–Crippen MR) is 73.0 cm³/mol. The van der Waals surface area contributed by atoms with Gasteiger partial charge in [0.2, 0.25) is 0 Å². The third-order valence-electron chi connectivity index (χ3n) is 5.14. The summed E-state index contributed by atoms with van der Waals surface area (Å²) in [6, 6.07) is 0. The monoisotopic (exact) mass is 280 g/mol. The lowest BCUT2D eigenvalue weighted by molar-refractivity contribution is -0.185. The quantitative estimate of drug-likeness (QED) is 0.586. The van der Waals surface area contributed by atoms with E-state index in [-0.39, 0.29) is 24.1 Å². The third kappa shape index (κ3) is 2.57. The third-order valence-corrected chi connectivity index (χ3v) is 5.14. The molecule has 0 heterocycles. The molecule has 3 rings (SSSR count). The summed E-state index contributed by atoms with van der Waals surface area (Å²) in [4.78, 5) is 24.8. The van der Waals surface area contributed by atoms with Crippen LogP contribution >= 0.6 is 0 Å². The molecular formula is C16H24O4. The van der Waals surface area contributed by atoms with Gasteiger partial charge in [-0.15, -0.1) is 0 Å². The average Bonchev–Trinajstić information content (AvgIpc) is 3.00. The first-order valence-electron chi connectivity index (χ1n) is 8.13. The molecule has 20 heavy (non-hydrogen) atoms. The van der Waals surface area contributed by atoms with Crippen LogP contribution in [0.3, 0.4) is 0 Å². The molecule has 3 aliphatic carbocycles. The van der Waals surface area contributed by atoms with Crippen LogP contribution in [0.1, 0.15) is 70.6 Å². The van der Waals surface area contributed by atoms with E-state index in [0.717, 1.165) is 57.8 Å². The van der Waals surface area contributed by atoms with Gasteiger partial charge >= 0.3 is 11.9 Å². The highest BCUT2D eigenvalue weighted by Crippen LogP contribution is 2.44. The zero-order valence-electron chi connectivity index (χ0n) is 12.1. The van der Waals surface area contributed by atoms with Crippen molar-refractivity contribution in [3.8, 4) is 0 Å². The van der Waals surface area contributed by atoms with Crippen LogP contribution in [-0.2, 0) is 19.1 Å². The van der Waals surface area contributed by atoms with Crippen LogP contribution < -0.4 is 0 Å². The molecule has 0 spiro atoms. The summed E-state index contributed by atoms with van der Waals surface area (Å²) in [7, 11) is 0. The molecule has 0 aromatic rings. The SMILES string of the molecule is O=C(OC1CCCC1)C1(C(=O)OC2CCCC2)CCC1. The summed E-state index contributed by atoms with van der Waals surface area (Å²) in [5.74, 6) is -0.641. The summed E-state index contributed by atoms with van der Waals surface area (Å²) >= 11 is 0. The second kappa shape index (κ2) is 5.74. The van der Waals surface area contributed by atoms with E-state index in [2.05, 4.69) is 0 Å². The Labute approximate surface area is 120 Å². The molecule has 0 amide bonds. The summed E-state index contributed by atoms with van der Waals surface area (Å²) in [6.45, 7) is 0. The highest BCUT2D eigenvalue weighted by Gasteiger charge is 2.54.